The van der Waals surface area contributed by atoms with Crippen LogP contribution in [-0.4, -0.2) is 48.4 Å². The molecule has 1 aromatic carbocycles. The number of benzene rings is 1. The zero-order chi connectivity index (χ0) is 14.5. The first kappa shape index (κ1) is 15.5. The van der Waals surface area contributed by atoms with E-state index in [2.05, 4.69) is 52.9 Å². The Morgan fingerprint density at radius 3 is 2.55 bits per heavy atom. The second-order valence-corrected chi connectivity index (χ2v) is 6.26. The molecule has 0 radical (unpaired) electrons. The lowest BCUT2D eigenvalue weighted by Crippen LogP contribution is -2.48. The molecule has 0 bridgehead atoms. The predicted molar refractivity (Wildman–Crippen MR) is 85.9 cm³/mol. The van der Waals surface area contributed by atoms with Crippen LogP contribution in [0.5, 0.6) is 0 Å². The van der Waals surface area contributed by atoms with Crippen molar-refractivity contribution < 1.29 is 4.79 Å². The van der Waals surface area contributed by atoms with E-state index in [-0.39, 0.29) is 5.91 Å². The summed E-state index contributed by atoms with van der Waals surface area (Å²) in [5.74, 6) is 0.285. The molecular weight excluding hydrogens is 316 g/mol. The van der Waals surface area contributed by atoms with Crippen LogP contribution in [0.25, 0.3) is 0 Å². The van der Waals surface area contributed by atoms with Crippen LogP contribution in [0.2, 0.25) is 0 Å². The van der Waals surface area contributed by atoms with Gasteiger partial charge in [-0.1, -0.05) is 35.0 Å². The van der Waals surface area contributed by atoms with E-state index in [1.807, 2.05) is 4.90 Å². The predicted octanol–water partition coefficient (Wildman–Crippen LogP) is 2.85. The van der Waals surface area contributed by atoms with E-state index in [9.17, 15) is 4.79 Å². The third-order valence-electron chi connectivity index (χ3n) is 3.99. The van der Waals surface area contributed by atoms with Gasteiger partial charge in [0.15, 0.2) is 0 Å². The molecule has 0 atom stereocenters. The number of aryl methyl sites for hydroxylation is 2. The standard InChI is InChI=1S/C16H23BrN2O/c1-3-18-8-10-19(11-9-18)16(20)7-6-14-5-4-13(2)12-15(14)17/h4-5,12H,3,6-11H2,1-2H3. The average Bonchev–Trinajstić information content (AvgIpc) is 2.46. The first-order valence-electron chi connectivity index (χ1n) is 7.35. The minimum atomic E-state index is 0.285. The number of nitrogens with zero attached hydrogens (tertiary/aromatic N) is 2. The summed E-state index contributed by atoms with van der Waals surface area (Å²) >= 11 is 3.58. The molecule has 0 saturated carbocycles. The number of halogens is 1. The van der Waals surface area contributed by atoms with Crippen molar-refractivity contribution in [3.63, 3.8) is 0 Å². The van der Waals surface area contributed by atoms with E-state index in [4.69, 9.17) is 0 Å². The molecule has 1 amide bonds. The highest BCUT2D eigenvalue weighted by Gasteiger charge is 2.19. The van der Waals surface area contributed by atoms with Crippen molar-refractivity contribution in [2.24, 2.45) is 0 Å². The van der Waals surface area contributed by atoms with Crippen LogP contribution < -0.4 is 0 Å². The highest BCUT2D eigenvalue weighted by Crippen LogP contribution is 2.20. The van der Waals surface area contributed by atoms with Crippen LogP contribution in [0.4, 0.5) is 0 Å². The number of hydrogen-bond donors (Lipinski definition) is 0. The SMILES string of the molecule is CCN1CCN(C(=O)CCc2ccc(C)cc2Br)CC1. The van der Waals surface area contributed by atoms with Gasteiger partial charge in [0.05, 0.1) is 0 Å². The molecule has 2 rings (SSSR count). The van der Waals surface area contributed by atoms with Crippen LogP contribution in [0.1, 0.15) is 24.5 Å². The summed E-state index contributed by atoms with van der Waals surface area (Å²) in [6.07, 6.45) is 1.42. The maximum absolute atomic E-state index is 12.2. The Morgan fingerprint density at radius 2 is 1.95 bits per heavy atom. The van der Waals surface area contributed by atoms with Crippen LogP contribution in [0.3, 0.4) is 0 Å². The van der Waals surface area contributed by atoms with Crippen LogP contribution >= 0.6 is 15.9 Å². The number of amides is 1. The average molecular weight is 339 g/mol. The van der Waals surface area contributed by atoms with Crippen molar-refractivity contribution in [3.8, 4) is 0 Å². The van der Waals surface area contributed by atoms with Gasteiger partial charge in [-0.15, -0.1) is 0 Å². The Balaban J connectivity index is 1.83. The minimum absolute atomic E-state index is 0.285. The topological polar surface area (TPSA) is 23.6 Å². The molecular formula is C16H23BrN2O. The lowest BCUT2D eigenvalue weighted by Gasteiger charge is -2.34. The van der Waals surface area contributed by atoms with Gasteiger partial charge in [0.2, 0.25) is 5.91 Å². The largest absolute Gasteiger partial charge is 0.340 e. The summed E-state index contributed by atoms with van der Waals surface area (Å²) in [5, 5.41) is 0. The van der Waals surface area contributed by atoms with E-state index in [1.165, 1.54) is 11.1 Å². The maximum atomic E-state index is 12.2. The molecule has 110 valence electrons. The van der Waals surface area contributed by atoms with Gasteiger partial charge in [0, 0.05) is 37.1 Å². The highest BCUT2D eigenvalue weighted by atomic mass is 79.9. The Labute approximate surface area is 130 Å². The zero-order valence-electron chi connectivity index (χ0n) is 12.4. The highest BCUT2D eigenvalue weighted by molar-refractivity contribution is 9.10. The quantitative estimate of drug-likeness (QED) is 0.842. The molecule has 1 aromatic rings. The van der Waals surface area contributed by atoms with Crippen molar-refractivity contribution in [2.45, 2.75) is 26.7 Å². The molecule has 1 saturated heterocycles. The van der Waals surface area contributed by atoms with Gasteiger partial charge < -0.3 is 9.80 Å². The van der Waals surface area contributed by atoms with Gasteiger partial charge in [-0.3, -0.25) is 4.79 Å². The van der Waals surface area contributed by atoms with E-state index in [0.717, 1.165) is 43.6 Å². The van der Waals surface area contributed by atoms with E-state index < -0.39 is 0 Å². The number of likely N-dealkylation sites (N-methyl/N-ethyl adjacent to an activating group) is 1. The van der Waals surface area contributed by atoms with E-state index >= 15 is 0 Å². The summed E-state index contributed by atoms with van der Waals surface area (Å²) in [4.78, 5) is 16.6. The molecule has 0 unspecified atom stereocenters. The molecule has 20 heavy (non-hydrogen) atoms. The normalized spacial score (nSPS) is 16.4. The molecule has 0 spiro atoms. The number of piperazine rings is 1. The molecule has 1 aliphatic heterocycles. The van der Waals surface area contributed by atoms with Gasteiger partial charge in [-0.05, 0) is 37.1 Å². The summed E-state index contributed by atoms with van der Waals surface area (Å²) in [6, 6.07) is 6.33. The molecule has 4 heteroatoms. The second kappa shape index (κ2) is 7.23. The smallest absolute Gasteiger partial charge is 0.222 e. The minimum Gasteiger partial charge on any atom is -0.340 e. The molecule has 0 aliphatic carbocycles. The van der Waals surface area contributed by atoms with Gasteiger partial charge >= 0.3 is 0 Å². The Hall–Kier alpha value is -0.870. The van der Waals surface area contributed by atoms with Crippen LogP contribution in [-0.2, 0) is 11.2 Å². The number of rotatable bonds is 4. The van der Waals surface area contributed by atoms with Crippen molar-refractivity contribution in [1.82, 2.24) is 9.80 Å². The van der Waals surface area contributed by atoms with Gasteiger partial charge in [-0.25, -0.2) is 0 Å². The lowest BCUT2D eigenvalue weighted by atomic mass is 10.1. The van der Waals surface area contributed by atoms with Crippen molar-refractivity contribution in [3.05, 3.63) is 33.8 Å². The lowest BCUT2D eigenvalue weighted by molar-refractivity contribution is -0.132. The fraction of sp³-hybridized carbons (Fsp3) is 0.562. The molecule has 1 aliphatic rings. The number of hydrogen-bond acceptors (Lipinski definition) is 2. The van der Waals surface area contributed by atoms with Crippen molar-refractivity contribution in [2.75, 3.05) is 32.7 Å². The molecule has 3 nitrogen and oxygen atoms in total. The third kappa shape index (κ3) is 4.06. The van der Waals surface area contributed by atoms with Crippen LogP contribution in [0, 0.1) is 6.92 Å². The van der Waals surface area contributed by atoms with Crippen molar-refractivity contribution >= 4 is 21.8 Å². The van der Waals surface area contributed by atoms with E-state index in [0.29, 0.717) is 6.42 Å². The fourth-order valence-corrected chi connectivity index (χ4v) is 3.26. The molecule has 1 heterocycles. The molecule has 0 aromatic heterocycles. The van der Waals surface area contributed by atoms with Crippen molar-refractivity contribution in [1.29, 1.82) is 0 Å². The van der Waals surface area contributed by atoms with Gasteiger partial charge in [0.25, 0.3) is 0 Å². The maximum Gasteiger partial charge on any atom is 0.222 e. The zero-order valence-corrected chi connectivity index (χ0v) is 13.9. The Kier molecular flexibility index (Phi) is 5.61. The summed E-state index contributed by atoms with van der Waals surface area (Å²) in [5.41, 5.74) is 2.46. The monoisotopic (exact) mass is 338 g/mol. The first-order chi connectivity index (χ1) is 9.60. The molecule has 1 fully saturated rings. The molecule has 0 N–H and O–H groups in total. The van der Waals surface area contributed by atoms with Gasteiger partial charge in [-0.2, -0.15) is 0 Å². The van der Waals surface area contributed by atoms with Gasteiger partial charge in [0.1, 0.15) is 0 Å². The summed E-state index contributed by atoms with van der Waals surface area (Å²) < 4.78 is 1.11. The summed E-state index contributed by atoms with van der Waals surface area (Å²) in [7, 11) is 0. The second-order valence-electron chi connectivity index (χ2n) is 5.41. The Morgan fingerprint density at radius 1 is 1.25 bits per heavy atom. The fourth-order valence-electron chi connectivity index (χ4n) is 2.57. The number of carbonyl (C=O) groups is 1. The third-order valence-corrected chi connectivity index (χ3v) is 4.73. The number of carbonyl (C=O) groups excluding carboxylic acids is 1. The summed E-state index contributed by atoms with van der Waals surface area (Å²) in [6.45, 7) is 9.11. The van der Waals surface area contributed by atoms with Crippen LogP contribution in [0.15, 0.2) is 22.7 Å². The van der Waals surface area contributed by atoms with E-state index in [1.54, 1.807) is 0 Å². The Bertz CT molecular complexity index is 468. The first-order valence-corrected chi connectivity index (χ1v) is 8.14.